The lowest BCUT2D eigenvalue weighted by atomic mass is 10.1. The van der Waals surface area contributed by atoms with Crippen molar-refractivity contribution in [3.8, 4) is 5.75 Å². The van der Waals surface area contributed by atoms with E-state index in [9.17, 15) is 13.6 Å². The number of amides is 2. The van der Waals surface area contributed by atoms with Crippen LogP contribution < -0.4 is 10.1 Å². The molecule has 2 aromatic rings. The second kappa shape index (κ2) is 7.09. The van der Waals surface area contributed by atoms with Gasteiger partial charge in [-0.3, -0.25) is 0 Å². The number of nitrogens with one attached hydrogen (secondary N) is 1. The van der Waals surface area contributed by atoms with Gasteiger partial charge in [0.2, 0.25) is 0 Å². The number of benzene rings is 2. The summed E-state index contributed by atoms with van der Waals surface area (Å²) >= 11 is 0. The molecule has 0 bridgehead atoms. The Kier molecular flexibility index (Phi) is 5.16. The third kappa shape index (κ3) is 3.97. The van der Waals surface area contributed by atoms with E-state index >= 15 is 0 Å². The highest BCUT2D eigenvalue weighted by molar-refractivity contribution is 5.89. The van der Waals surface area contributed by atoms with Gasteiger partial charge in [-0.05, 0) is 36.8 Å². The highest BCUT2D eigenvalue weighted by Crippen LogP contribution is 2.22. The Balaban J connectivity index is 2.10. The molecule has 2 aromatic carbocycles. The maximum absolute atomic E-state index is 13.3. The standard InChI is InChI=1S/C17H18F2N2O2/c1-11(12-7-8-15(18)16(19)9-12)21(2)17(22)20-13-5-4-6-14(10-13)23-3/h4-11H,1-3H3,(H,20,22). The molecule has 23 heavy (non-hydrogen) atoms. The molecule has 0 aliphatic heterocycles. The number of carbonyl (C=O) groups is 1. The lowest BCUT2D eigenvalue weighted by Gasteiger charge is -2.25. The van der Waals surface area contributed by atoms with Crippen molar-refractivity contribution in [2.75, 3.05) is 19.5 Å². The van der Waals surface area contributed by atoms with Gasteiger partial charge in [-0.15, -0.1) is 0 Å². The average Bonchev–Trinajstić information content (AvgIpc) is 2.56. The maximum Gasteiger partial charge on any atom is 0.322 e. The molecule has 1 N–H and O–H groups in total. The van der Waals surface area contributed by atoms with E-state index in [0.29, 0.717) is 17.0 Å². The Hall–Kier alpha value is -2.63. The van der Waals surface area contributed by atoms with Gasteiger partial charge in [0.25, 0.3) is 0 Å². The molecule has 0 aliphatic carbocycles. The van der Waals surface area contributed by atoms with Gasteiger partial charge in [-0.2, -0.15) is 0 Å². The van der Waals surface area contributed by atoms with Crippen molar-refractivity contribution < 1.29 is 18.3 Å². The number of methoxy groups -OCH3 is 1. The largest absolute Gasteiger partial charge is 0.497 e. The van der Waals surface area contributed by atoms with Crippen LogP contribution in [-0.2, 0) is 0 Å². The topological polar surface area (TPSA) is 41.6 Å². The Morgan fingerprint density at radius 2 is 1.91 bits per heavy atom. The molecule has 0 saturated carbocycles. The van der Waals surface area contributed by atoms with Crippen LogP contribution in [0, 0.1) is 11.6 Å². The molecule has 2 rings (SSSR count). The predicted octanol–water partition coefficient (Wildman–Crippen LogP) is 4.20. The molecule has 0 aromatic heterocycles. The molecule has 122 valence electrons. The zero-order valence-electron chi connectivity index (χ0n) is 13.1. The number of rotatable bonds is 4. The molecule has 4 nitrogen and oxygen atoms in total. The van der Waals surface area contributed by atoms with Crippen molar-refractivity contribution in [1.82, 2.24) is 4.90 Å². The first kappa shape index (κ1) is 16.7. The Bertz CT molecular complexity index is 707. The van der Waals surface area contributed by atoms with Crippen LogP contribution in [0.25, 0.3) is 0 Å². The van der Waals surface area contributed by atoms with Gasteiger partial charge in [0.1, 0.15) is 5.75 Å². The lowest BCUT2D eigenvalue weighted by Crippen LogP contribution is -2.33. The smallest absolute Gasteiger partial charge is 0.322 e. The monoisotopic (exact) mass is 320 g/mol. The fourth-order valence-electron chi connectivity index (χ4n) is 2.08. The van der Waals surface area contributed by atoms with E-state index in [4.69, 9.17) is 4.74 Å². The molecule has 1 unspecified atom stereocenters. The second-order valence-electron chi connectivity index (χ2n) is 5.12. The fraction of sp³-hybridized carbons (Fsp3) is 0.235. The van der Waals surface area contributed by atoms with Crippen LogP contribution in [0.5, 0.6) is 5.75 Å². The number of nitrogens with zero attached hydrogens (tertiary/aromatic N) is 1. The summed E-state index contributed by atoms with van der Waals surface area (Å²) in [5.74, 6) is -1.22. The number of urea groups is 1. The first-order valence-corrected chi connectivity index (χ1v) is 7.05. The second-order valence-corrected chi connectivity index (χ2v) is 5.12. The summed E-state index contributed by atoms with van der Waals surface area (Å²) in [5.41, 5.74) is 1.09. The number of anilines is 1. The van der Waals surface area contributed by atoms with Crippen LogP contribution in [0.15, 0.2) is 42.5 Å². The molecule has 0 spiro atoms. The molecule has 2 amide bonds. The molecule has 0 aliphatic rings. The summed E-state index contributed by atoms with van der Waals surface area (Å²) in [6.07, 6.45) is 0. The fourth-order valence-corrected chi connectivity index (χ4v) is 2.08. The van der Waals surface area contributed by atoms with Crippen LogP contribution >= 0.6 is 0 Å². The van der Waals surface area contributed by atoms with Gasteiger partial charge in [0.15, 0.2) is 11.6 Å². The summed E-state index contributed by atoms with van der Waals surface area (Å²) in [6.45, 7) is 1.73. The number of hydrogen-bond acceptors (Lipinski definition) is 2. The predicted molar refractivity (Wildman–Crippen MR) is 84.5 cm³/mol. The van der Waals surface area contributed by atoms with Gasteiger partial charge in [-0.1, -0.05) is 12.1 Å². The van der Waals surface area contributed by atoms with Crippen LogP contribution in [0.4, 0.5) is 19.3 Å². The number of hydrogen-bond donors (Lipinski definition) is 1. The van der Waals surface area contributed by atoms with Gasteiger partial charge < -0.3 is 15.0 Å². The van der Waals surface area contributed by atoms with Crippen molar-refractivity contribution in [2.45, 2.75) is 13.0 Å². The minimum atomic E-state index is -0.934. The highest BCUT2D eigenvalue weighted by atomic mass is 19.2. The van der Waals surface area contributed by atoms with Crippen LogP contribution in [-0.4, -0.2) is 25.1 Å². The van der Waals surface area contributed by atoms with Crippen molar-refractivity contribution in [3.63, 3.8) is 0 Å². The van der Waals surface area contributed by atoms with E-state index in [-0.39, 0.29) is 6.03 Å². The Morgan fingerprint density at radius 3 is 2.57 bits per heavy atom. The SMILES string of the molecule is COc1cccc(NC(=O)N(C)C(C)c2ccc(F)c(F)c2)c1. The molecule has 0 heterocycles. The maximum atomic E-state index is 13.3. The molecule has 1 atom stereocenters. The molecular formula is C17H18F2N2O2. The van der Waals surface area contributed by atoms with Gasteiger partial charge in [0, 0.05) is 18.8 Å². The Morgan fingerprint density at radius 1 is 1.17 bits per heavy atom. The van der Waals surface area contributed by atoms with Crippen molar-refractivity contribution in [1.29, 1.82) is 0 Å². The van der Waals surface area contributed by atoms with Crippen LogP contribution in [0.1, 0.15) is 18.5 Å². The van der Waals surface area contributed by atoms with Crippen molar-refractivity contribution in [2.24, 2.45) is 0 Å². The van der Waals surface area contributed by atoms with Gasteiger partial charge >= 0.3 is 6.03 Å². The van der Waals surface area contributed by atoms with Crippen molar-refractivity contribution in [3.05, 3.63) is 59.7 Å². The molecule has 0 radical (unpaired) electrons. The molecular weight excluding hydrogens is 302 g/mol. The van der Waals surface area contributed by atoms with E-state index < -0.39 is 17.7 Å². The zero-order valence-corrected chi connectivity index (χ0v) is 13.1. The minimum absolute atomic E-state index is 0.365. The number of ether oxygens (including phenoxy) is 1. The zero-order chi connectivity index (χ0) is 17.0. The molecule has 0 saturated heterocycles. The van der Waals surface area contributed by atoms with Gasteiger partial charge in [-0.25, -0.2) is 13.6 Å². The summed E-state index contributed by atoms with van der Waals surface area (Å²) in [7, 11) is 3.12. The summed E-state index contributed by atoms with van der Waals surface area (Å²) in [4.78, 5) is 13.7. The first-order valence-electron chi connectivity index (χ1n) is 7.05. The quantitative estimate of drug-likeness (QED) is 0.917. The van der Waals surface area contributed by atoms with Crippen molar-refractivity contribution >= 4 is 11.7 Å². The summed E-state index contributed by atoms with van der Waals surface area (Å²) in [5, 5.41) is 2.73. The lowest BCUT2D eigenvalue weighted by molar-refractivity contribution is 0.208. The Labute approximate surface area is 133 Å². The summed E-state index contributed by atoms with van der Waals surface area (Å²) < 4.78 is 31.4. The minimum Gasteiger partial charge on any atom is -0.497 e. The van der Waals surface area contributed by atoms with Crippen LogP contribution in [0.2, 0.25) is 0 Å². The first-order chi connectivity index (χ1) is 10.9. The normalized spacial score (nSPS) is 11.7. The van der Waals surface area contributed by atoms with E-state index in [1.165, 1.54) is 18.1 Å². The highest BCUT2D eigenvalue weighted by Gasteiger charge is 2.19. The van der Waals surface area contributed by atoms with Gasteiger partial charge in [0.05, 0.1) is 13.2 Å². The van der Waals surface area contributed by atoms with E-state index in [0.717, 1.165) is 12.1 Å². The molecule has 0 fully saturated rings. The number of halogens is 2. The van der Waals surface area contributed by atoms with Crippen LogP contribution in [0.3, 0.4) is 0 Å². The third-order valence-electron chi connectivity index (χ3n) is 3.65. The third-order valence-corrected chi connectivity index (χ3v) is 3.65. The average molecular weight is 320 g/mol. The number of carbonyl (C=O) groups excluding carboxylic acids is 1. The molecule has 6 heteroatoms. The van der Waals surface area contributed by atoms with E-state index in [2.05, 4.69) is 5.32 Å². The van der Waals surface area contributed by atoms with E-state index in [1.54, 1.807) is 38.2 Å². The van der Waals surface area contributed by atoms with E-state index in [1.807, 2.05) is 0 Å². The summed E-state index contributed by atoms with van der Waals surface area (Å²) in [6, 6.07) is 9.76.